The summed E-state index contributed by atoms with van der Waals surface area (Å²) < 4.78 is 25.4. The molecule has 5 atom stereocenters. The number of phosphoric ester groups is 1. The van der Waals surface area contributed by atoms with E-state index in [9.17, 15) is 9.67 Å². The summed E-state index contributed by atoms with van der Waals surface area (Å²) in [4.78, 5) is 8.97. The fourth-order valence-corrected chi connectivity index (χ4v) is 2.50. The van der Waals surface area contributed by atoms with Crippen LogP contribution in [0, 0.1) is 0 Å². The first-order chi connectivity index (χ1) is 5.99. The standard InChI is InChI=1S/C6H11O6P/c1-3-5(7)6-4(11-3)2-10-13(8,9)12-6/h3-7H,2H2,1H3,(H,8,9). The van der Waals surface area contributed by atoms with Crippen LogP contribution < -0.4 is 0 Å². The number of ether oxygens (including phenoxy) is 1. The highest BCUT2D eigenvalue weighted by molar-refractivity contribution is 7.47. The number of hydrogen-bond acceptors (Lipinski definition) is 5. The van der Waals surface area contributed by atoms with E-state index in [1.54, 1.807) is 6.92 Å². The summed E-state index contributed by atoms with van der Waals surface area (Å²) in [7, 11) is -3.96. The van der Waals surface area contributed by atoms with E-state index in [4.69, 9.17) is 14.2 Å². The third-order valence-electron chi connectivity index (χ3n) is 2.23. The van der Waals surface area contributed by atoms with Crippen molar-refractivity contribution in [3.8, 4) is 0 Å². The van der Waals surface area contributed by atoms with Crippen molar-refractivity contribution in [2.45, 2.75) is 31.3 Å². The van der Waals surface area contributed by atoms with E-state index in [0.29, 0.717) is 0 Å². The van der Waals surface area contributed by atoms with Gasteiger partial charge in [0.1, 0.15) is 18.3 Å². The van der Waals surface area contributed by atoms with Gasteiger partial charge >= 0.3 is 7.82 Å². The minimum Gasteiger partial charge on any atom is -0.388 e. The number of rotatable bonds is 0. The summed E-state index contributed by atoms with van der Waals surface area (Å²) in [6.07, 6.45) is -2.45. The van der Waals surface area contributed by atoms with Crippen molar-refractivity contribution in [3.63, 3.8) is 0 Å². The zero-order valence-corrected chi connectivity index (χ0v) is 7.89. The Balaban J connectivity index is 2.14. The monoisotopic (exact) mass is 210 g/mol. The van der Waals surface area contributed by atoms with E-state index in [2.05, 4.69) is 4.52 Å². The normalized spacial score (nSPS) is 56.2. The first-order valence-corrected chi connectivity index (χ1v) is 5.48. The molecule has 2 rings (SSSR count). The zero-order chi connectivity index (χ0) is 9.64. The number of fused-ring (bicyclic) bond motifs is 1. The molecule has 0 aromatic carbocycles. The molecule has 0 radical (unpaired) electrons. The van der Waals surface area contributed by atoms with Crippen LogP contribution in [0.3, 0.4) is 0 Å². The molecule has 13 heavy (non-hydrogen) atoms. The van der Waals surface area contributed by atoms with Crippen molar-refractivity contribution in [2.75, 3.05) is 6.61 Å². The molecule has 2 aliphatic heterocycles. The van der Waals surface area contributed by atoms with E-state index in [0.717, 1.165) is 0 Å². The molecule has 0 bridgehead atoms. The molecule has 2 N–H and O–H groups in total. The Labute approximate surface area is 75.0 Å². The Morgan fingerprint density at radius 2 is 2.23 bits per heavy atom. The van der Waals surface area contributed by atoms with Gasteiger partial charge in [-0.2, -0.15) is 0 Å². The minimum atomic E-state index is -3.96. The maximum Gasteiger partial charge on any atom is 0.472 e. The summed E-state index contributed by atoms with van der Waals surface area (Å²) in [5, 5.41) is 9.49. The molecule has 76 valence electrons. The second-order valence-electron chi connectivity index (χ2n) is 3.20. The molecule has 0 amide bonds. The van der Waals surface area contributed by atoms with Crippen molar-refractivity contribution in [2.24, 2.45) is 0 Å². The average molecular weight is 210 g/mol. The van der Waals surface area contributed by atoms with Gasteiger partial charge in [0.25, 0.3) is 0 Å². The molecule has 0 spiro atoms. The van der Waals surface area contributed by atoms with E-state index < -0.39 is 32.2 Å². The second-order valence-corrected chi connectivity index (χ2v) is 4.61. The molecule has 2 heterocycles. The predicted molar refractivity (Wildman–Crippen MR) is 41.0 cm³/mol. The Bertz CT molecular complexity index is 256. The lowest BCUT2D eigenvalue weighted by Gasteiger charge is -2.28. The van der Waals surface area contributed by atoms with Gasteiger partial charge in [-0.15, -0.1) is 0 Å². The van der Waals surface area contributed by atoms with Gasteiger partial charge in [0, 0.05) is 0 Å². The Morgan fingerprint density at radius 3 is 2.92 bits per heavy atom. The molecular formula is C6H11O6P. The van der Waals surface area contributed by atoms with E-state index in [1.807, 2.05) is 0 Å². The van der Waals surface area contributed by atoms with Crippen LogP contribution in [0.25, 0.3) is 0 Å². The summed E-state index contributed by atoms with van der Waals surface area (Å²) >= 11 is 0. The molecule has 0 aliphatic carbocycles. The van der Waals surface area contributed by atoms with Crippen molar-refractivity contribution in [1.82, 2.24) is 0 Å². The van der Waals surface area contributed by atoms with Crippen LogP contribution in [-0.2, 0) is 18.3 Å². The number of phosphoric acid groups is 1. The average Bonchev–Trinajstić information content (AvgIpc) is 2.29. The highest BCUT2D eigenvalue weighted by Crippen LogP contribution is 2.51. The van der Waals surface area contributed by atoms with E-state index in [-0.39, 0.29) is 6.61 Å². The summed E-state index contributed by atoms with van der Waals surface area (Å²) in [6.45, 7) is 1.66. The quantitative estimate of drug-likeness (QED) is 0.531. The van der Waals surface area contributed by atoms with E-state index >= 15 is 0 Å². The fourth-order valence-electron chi connectivity index (χ4n) is 1.54. The molecule has 2 saturated heterocycles. The second kappa shape index (κ2) is 3.02. The largest absolute Gasteiger partial charge is 0.472 e. The summed E-state index contributed by atoms with van der Waals surface area (Å²) in [6, 6.07) is 0. The molecule has 0 saturated carbocycles. The van der Waals surface area contributed by atoms with Gasteiger partial charge in [-0.25, -0.2) is 4.57 Å². The number of aliphatic hydroxyl groups excluding tert-OH is 1. The van der Waals surface area contributed by atoms with Crippen LogP contribution in [0.15, 0.2) is 0 Å². The maximum atomic E-state index is 11.0. The van der Waals surface area contributed by atoms with Gasteiger partial charge in [-0.05, 0) is 6.92 Å². The van der Waals surface area contributed by atoms with E-state index in [1.165, 1.54) is 0 Å². The van der Waals surface area contributed by atoms with Gasteiger partial charge in [0.15, 0.2) is 0 Å². The van der Waals surface area contributed by atoms with Crippen molar-refractivity contribution in [3.05, 3.63) is 0 Å². The summed E-state index contributed by atoms with van der Waals surface area (Å²) in [5.41, 5.74) is 0. The SMILES string of the molecule is CC1OC2COP(=O)(O)OC2C1O. The lowest BCUT2D eigenvalue weighted by Crippen LogP contribution is -2.39. The molecule has 2 fully saturated rings. The molecule has 0 aromatic rings. The first-order valence-electron chi connectivity index (χ1n) is 3.99. The molecule has 0 aromatic heterocycles. The molecule has 5 unspecified atom stereocenters. The fraction of sp³-hybridized carbons (Fsp3) is 1.00. The van der Waals surface area contributed by atoms with Crippen LogP contribution in [0.5, 0.6) is 0 Å². The van der Waals surface area contributed by atoms with Gasteiger partial charge in [-0.3, -0.25) is 9.05 Å². The third kappa shape index (κ3) is 1.66. The molecule has 7 heteroatoms. The number of aliphatic hydroxyl groups is 1. The van der Waals surface area contributed by atoms with Gasteiger partial charge < -0.3 is 14.7 Å². The van der Waals surface area contributed by atoms with Crippen molar-refractivity contribution in [1.29, 1.82) is 0 Å². The maximum absolute atomic E-state index is 11.0. The zero-order valence-electron chi connectivity index (χ0n) is 6.99. The van der Waals surface area contributed by atoms with Crippen LogP contribution in [0.1, 0.15) is 6.92 Å². The molecule has 6 nitrogen and oxygen atoms in total. The van der Waals surface area contributed by atoms with Crippen molar-refractivity contribution < 1.29 is 28.3 Å². The lowest BCUT2D eigenvalue weighted by atomic mass is 10.1. The lowest BCUT2D eigenvalue weighted by molar-refractivity contribution is -0.0525. The van der Waals surface area contributed by atoms with Crippen LogP contribution >= 0.6 is 7.82 Å². The molecule has 2 aliphatic rings. The topological polar surface area (TPSA) is 85.2 Å². The first kappa shape index (κ1) is 9.58. The van der Waals surface area contributed by atoms with Gasteiger partial charge in [-0.1, -0.05) is 0 Å². The Hall–Kier alpha value is 0.0300. The van der Waals surface area contributed by atoms with Crippen LogP contribution in [0.4, 0.5) is 0 Å². The summed E-state index contributed by atoms with van der Waals surface area (Å²) in [5.74, 6) is 0. The smallest absolute Gasteiger partial charge is 0.388 e. The highest BCUT2D eigenvalue weighted by Gasteiger charge is 2.50. The molecular weight excluding hydrogens is 199 g/mol. The highest BCUT2D eigenvalue weighted by atomic mass is 31.2. The minimum absolute atomic E-state index is 0.0140. The Morgan fingerprint density at radius 1 is 1.54 bits per heavy atom. The van der Waals surface area contributed by atoms with Crippen molar-refractivity contribution >= 4 is 7.82 Å². The number of hydrogen-bond donors (Lipinski definition) is 2. The Kier molecular flexibility index (Phi) is 2.22. The van der Waals surface area contributed by atoms with Crippen LogP contribution in [0.2, 0.25) is 0 Å². The third-order valence-corrected chi connectivity index (χ3v) is 3.22. The van der Waals surface area contributed by atoms with Gasteiger partial charge in [0.05, 0.1) is 12.7 Å². The van der Waals surface area contributed by atoms with Gasteiger partial charge in [0.2, 0.25) is 0 Å². The van der Waals surface area contributed by atoms with Crippen LogP contribution in [-0.4, -0.2) is 41.0 Å². The predicted octanol–water partition coefficient (Wildman–Crippen LogP) is -0.350.